The van der Waals surface area contributed by atoms with Gasteiger partial charge in [-0.15, -0.1) is 0 Å². The second-order valence-corrected chi connectivity index (χ2v) is 5.68. The smallest absolute Gasteiger partial charge is 0.322 e. The van der Waals surface area contributed by atoms with Gasteiger partial charge in [0, 0.05) is 24.9 Å². The normalized spacial score (nSPS) is 16.9. The molecular formula is C16H19N5O3. The number of amides is 4. The molecule has 24 heavy (non-hydrogen) atoms. The molecule has 3 N–H and O–H groups in total. The van der Waals surface area contributed by atoms with Gasteiger partial charge in [-0.3, -0.25) is 19.6 Å². The van der Waals surface area contributed by atoms with E-state index in [0.29, 0.717) is 13.0 Å². The summed E-state index contributed by atoms with van der Waals surface area (Å²) in [6.45, 7) is 1.26. The van der Waals surface area contributed by atoms with Gasteiger partial charge < -0.3 is 10.6 Å². The van der Waals surface area contributed by atoms with Gasteiger partial charge in [0.15, 0.2) is 0 Å². The van der Waals surface area contributed by atoms with Crippen molar-refractivity contribution in [3.8, 4) is 0 Å². The van der Waals surface area contributed by atoms with Crippen LogP contribution in [0.1, 0.15) is 19.3 Å². The molecule has 1 aliphatic heterocycles. The van der Waals surface area contributed by atoms with E-state index in [1.165, 1.54) is 0 Å². The molecule has 8 nitrogen and oxygen atoms in total. The predicted molar refractivity (Wildman–Crippen MR) is 87.1 cm³/mol. The Morgan fingerprint density at radius 3 is 2.92 bits per heavy atom. The van der Waals surface area contributed by atoms with E-state index in [2.05, 4.69) is 21.0 Å². The first kappa shape index (κ1) is 16.0. The van der Waals surface area contributed by atoms with E-state index >= 15 is 0 Å². The number of aryl methyl sites for hydroxylation is 1. The second-order valence-electron chi connectivity index (χ2n) is 5.68. The maximum absolute atomic E-state index is 11.8. The zero-order valence-electron chi connectivity index (χ0n) is 13.1. The molecule has 4 amide bonds. The Hall–Kier alpha value is -2.90. The number of carbonyl (C=O) groups excluding carboxylic acids is 3. The highest BCUT2D eigenvalue weighted by molar-refractivity contribution is 6.04. The number of hydrogen-bond donors (Lipinski definition) is 3. The van der Waals surface area contributed by atoms with Gasteiger partial charge >= 0.3 is 6.03 Å². The van der Waals surface area contributed by atoms with Crippen LogP contribution in [0, 0.1) is 0 Å². The highest BCUT2D eigenvalue weighted by Crippen LogP contribution is 2.12. The minimum Gasteiger partial charge on any atom is -0.356 e. The molecule has 1 aromatic carbocycles. The van der Waals surface area contributed by atoms with Crippen LogP contribution in [-0.2, 0) is 16.1 Å². The summed E-state index contributed by atoms with van der Waals surface area (Å²) in [4.78, 5) is 34.1. The number of carbonyl (C=O) groups is 3. The minimum atomic E-state index is -0.612. The fourth-order valence-corrected chi connectivity index (χ4v) is 2.69. The number of imide groups is 1. The van der Waals surface area contributed by atoms with Crippen LogP contribution in [0.3, 0.4) is 0 Å². The summed E-state index contributed by atoms with van der Waals surface area (Å²) in [5.41, 5.74) is 1.08. The molecule has 0 saturated carbocycles. The molecule has 0 unspecified atom stereocenters. The summed E-state index contributed by atoms with van der Waals surface area (Å²) in [6.07, 6.45) is 3.09. The first-order chi connectivity index (χ1) is 11.6. The molecule has 2 heterocycles. The second kappa shape index (κ2) is 7.12. The Morgan fingerprint density at radius 1 is 1.29 bits per heavy atom. The first-order valence-corrected chi connectivity index (χ1v) is 7.92. The Kier molecular flexibility index (Phi) is 4.74. The van der Waals surface area contributed by atoms with E-state index in [4.69, 9.17) is 0 Å². The van der Waals surface area contributed by atoms with Crippen molar-refractivity contribution in [1.29, 1.82) is 0 Å². The number of benzene rings is 1. The largest absolute Gasteiger partial charge is 0.356 e. The Bertz CT molecular complexity index is 770. The molecule has 126 valence electrons. The molecule has 1 atom stereocenters. The summed E-state index contributed by atoms with van der Waals surface area (Å²) in [5.74, 6) is -0.507. The third kappa shape index (κ3) is 3.70. The molecule has 1 fully saturated rings. The van der Waals surface area contributed by atoms with Crippen molar-refractivity contribution in [2.75, 3.05) is 6.54 Å². The number of hydrogen-bond acceptors (Lipinski definition) is 4. The Balaban J connectivity index is 1.36. The summed E-state index contributed by atoms with van der Waals surface area (Å²) < 4.78 is 1.92. The third-order valence-corrected chi connectivity index (χ3v) is 3.94. The predicted octanol–water partition coefficient (Wildman–Crippen LogP) is 0.531. The summed E-state index contributed by atoms with van der Waals surface area (Å²) in [5, 5.41) is 12.9. The highest BCUT2D eigenvalue weighted by Gasteiger charge is 2.29. The zero-order chi connectivity index (χ0) is 16.9. The molecule has 0 radical (unpaired) electrons. The van der Waals surface area contributed by atoms with Crippen LogP contribution >= 0.6 is 0 Å². The summed E-state index contributed by atoms with van der Waals surface area (Å²) >= 11 is 0. The maximum Gasteiger partial charge on any atom is 0.322 e. The molecule has 3 rings (SSSR count). The maximum atomic E-state index is 11.8. The van der Waals surface area contributed by atoms with Crippen LogP contribution in [0.2, 0.25) is 0 Å². The van der Waals surface area contributed by atoms with Crippen LogP contribution in [0.5, 0.6) is 0 Å². The van der Waals surface area contributed by atoms with Gasteiger partial charge in [-0.05, 0) is 18.9 Å². The van der Waals surface area contributed by atoms with Gasteiger partial charge in [-0.1, -0.05) is 18.2 Å². The molecule has 0 spiro atoms. The van der Waals surface area contributed by atoms with Crippen molar-refractivity contribution in [3.05, 3.63) is 30.5 Å². The van der Waals surface area contributed by atoms with Crippen LogP contribution in [0.4, 0.5) is 4.79 Å². The molecule has 1 aromatic heterocycles. The number of aromatic nitrogens is 2. The van der Waals surface area contributed by atoms with Gasteiger partial charge in [0.05, 0.1) is 11.7 Å². The highest BCUT2D eigenvalue weighted by atomic mass is 16.2. The molecule has 2 aromatic rings. The fraction of sp³-hybridized carbons (Fsp3) is 0.375. The molecule has 1 saturated heterocycles. The minimum absolute atomic E-state index is 0.130. The van der Waals surface area contributed by atoms with Crippen molar-refractivity contribution in [1.82, 2.24) is 25.7 Å². The average Bonchev–Trinajstić information content (AvgIpc) is 3.12. The monoisotopic (exact) mass is 329 g/mol. The molecular weight excluding hydrogens is 310 g/mol. The first-order valence-electron chi connectivity index (χ1n) is 7.92. The lowest BCUT2D eigenvalue weighted by Gasteiger charge is -2.08. The van der Waals surface area contributed by atoms with Gasteiger partial charge in [-0.2, -0.15) is 5.10 Å². The van der Waals surface area contributed by atoms with Crippen LogP contribution < -0.4 is 16.0 Å². The van der Waals surface area contributed by atoms with Crippen molar-refractivity contribution in [2.45, 2.75) is 31.8 Å². The lowest BCUT2D eigenvalue weighted by atomic mass is 10.1. The average molecular weight is 329 g/mol. The van der Waals surface area contributed by atoms with Gasteiger partial charge in [0.1, 0.15) is 6.04 Å². The summed E-state index contributed by atoms with van der Waals surface area (Å²) in [6, 6.07) is 6.86. The molecule has 0 bridgehead atoms. The van der Waals surface area contributed by atoms with Crippen LogP contribution in [0.15, 0.2) is 30.5 Å². The number of para-hydroxylation sites is 1. The zero-order valence-corrected chi connectivity index (χ0v) is 13.1. The van der Waals surface area contributed by atoms with Gasteiger partial charge in [0.2, 0.25) is 5.91 Å². The van der Waals surface area contributed by atoms with Gasteiger partial charge in [0.25, 0.3) is 5.91 Å². The Morgan fingerprint density at radius 2 is 2.12 bits per heavy atom. The number of nitrogens with zero attached hydrogens (tertiary/aromatic N) is 2. The van der Waals surface area contributed by atoms with E-state index in [1.54, 1.807) is 0 Å². The van der Waals surface area contributed by atoms with Crippen LogP contribution in [0.25, 0.3) is 10.9 Å². The van der Waals surface area contributed by atoms with E-state index in [9.17, 15) is 14.4 Å². The van der Waals surface area contributed by atoms with Crippen molar-refractivity contribution in [3.63, 3.8) is 0 Å². The standard InChI is InChI=1S/C16H19N5O3/c22-14(7-6-12-15(23)20-16(24)19-12)17-8-3-9-21-13-5-2-1-4-11(13)10-18-21/h1-2,4-5,10,12H,3,6-9H2,(H,17,22)(H2,19,20,23,24)/t12-/m1/s1. The molecule has 8 heteroatoms. The third-order valence-electron chi connectivity index (χ3n) is 3.94. The lowest BCUT2D eigenvalue weighted by Crippen LogP contribution is -2.32. The topological polar surface area (TPSA) is 105 Å². The number of nitrogens with one attached hydrogen (secondary N) is 3. The number of rotatable bonds is 7. The van der Waals surface area contributed by atoms with E-state index in [-0.39, 0.29) is 18.2 Å². The fourth-order valence-electron chi connectivity index (χ4n) is 2.69. The molecule has 0 aliphatic carbocycles. The number of urea groups is 1. The summed E-state index contributed by atoms with van der Waals surface area (Å²) in [7, 11) is 0. The van der Waals surface area contributed by atoms with Crippen LogP contribution in [-0.4, -0.2) is 40.2 Å². The van der Waals surface area contributed by atoms with Gasteiger partial charge in [-0.25, -0.2) is 4.79 Å². The van der Waals surface area contributed by atoms with Crippen molar-refractivity contribution < 1.29 is 14.4 Å². The number of fused-ring (bicyclic) bond motifs is 1. The Labute approximate surface area is 138 Å². The SMILES string of the molecule is O=C(CC[C@H]1NC(=O)NC1=O)NCCCn1ncc2ccccc21. The van der Waals surface area contributed by atoms with E-state index < -0.39 is 12.1 Å². The van der Waals surface area contributed by atoms with Crippen molar-refractivity contribution >= 4 is 28.7 Å². The molecule has 1 aliphatic rings. The van der Waals surface area contributed by atoms with E-state index in [0.717, 1.165) is 23.9 Å². The van der Waals surface area contributed by atoms with Crippen molar-refractivity contribution in [2.24, 2.45) is 0 Å². The quantitative estimate of drug-likeness (QED) is 0.509. The van der Waals surface area contributed by atoms with E-state index in [1.807, 2.05) is 35.1 Å². The lowest BCUT2D eigenvalue weighted by molar-refractivity contribution is -0.122.